The molecule has 0 aliphatic heterocycles. The summed E-state index contributed by atoms with van der Waals surface area (Å²) in [6.07, 6.45) is 4.96. The number of pyridine rings is 1. The highest BCUT2D eigenvalue weighted by Gasteiger charge is 2.17. The maximum atomic E-state index is 4.21. The van der Waals surface area contributed by atoms with Gasteiger partial charge in [-0.25, -0.2) is 0 Å². The maximum Gasteiger partial charge on any atom is 0.0583 e. The van der Waals surface area contributed by atoms with Crippen LogP contribution in [0.4, 0.5) is 0 Å². The van der Waals surface area contributed by atoms with E-state index in [1.807, 2.05) is 12.4 Å². The summed E-state index contributed by atoms with van der Waals surface area (Å²) in [4.78, 5) is 4.21. The predicted molar refractivity (Wildman–Crippen MR) is 85.0 cm³/mol. The number of rotatable bonds is 5. The van der Waals surface area contributed by atoms with Gasteiger partial charge in [-0.2, -0.15) is 0 Å². The quantitative estimate of drug-likeness (QED) is 0.883. The molecule has 1 unspecified atom stereocenters. The van der Waals surface area contributed by atoms with Gasteiger partial charge >= 0.3 is 0 Å². The lowest BCUT2D eigenvalue weighted by Gasteiger charge is -2.23. The van der Waals surface area contributed by atoms with Crippen molar-refractivity contribution in [3.05, 3.63) is 64.5 Å². The lowest BCUT2D eigenvalue weighted by molar-refractivity contribution is 0.593. The second kappa shape index (κ2) is 6.67. The van der Waals surface area contributed by atoms with Gasteiger partial charge in [-0.05, 0) is 67.6 Å². The van der Waals surface area contributed by atoms with E-state index >= 15 is 0 Å². The molecule has 0 amide bonds. The molecule has 1 atom stereocenters. The molecule has 0 saturated heterocycles. The Bertz CT molecular complexity index is 575. The fourth-order valence-corrected chi connectivity index (χ4v) is 2.57. The fraction of sp³-hybridized carbons (Fsp3) is 0.389. The molecule has 2 aromatic rings. The summed E-state index contributed by atoms with van der Waals surface area (Å²) in [6.45, 7) is 9.73. The molecule has 0 saturated carbocycles. The Morgan fingerprint density at radius 1 is 1.05 bits per heavy atom. The zero-order chi connectivity index (χ0) is 14.5. The van der Waals surface area contributed by atoms with Crippen molar-refractivity contribution in [3.63, 3.8) is 0 Å². The minimum atomic E-state index is 0.248. The van der Waals surface area contributed by atoms with Crippen molar-refractivity contribution in [1.82, 2.24) is 10.3 Å². The molecule has 0 radical (unpaired) electrons. The molecule has 0 aliphatic carbocycles. The number of nitrogens with zero attached hydrogens (tertiary/aromatic N) is 1. The molecule has 106 valence electrons. The Morgan fingerprint density at radius 3 is 2.55 bits per heavy atom. The lowest BCUT2D eigenvalue weighted by atomic mass is 9.91. The predicted octanol–water partition coefficient (Wildman–Crippen LogP) is 4.10. The Hall–Kier alpha value is -1.67. The van der Waals surface area contributed by atoms with Gasteiger partial charge in [0.2, 0.25) is 0 Å². The summed E-state index contributed by atoms with van der Waals surface area (Å²) in [7, 11) is 0. The third kappa shape index (κ3) is 3.07. The van der Waals surface area contributed by atoms with Gasteiger partial charge in [-0.1, -0.05) is 25.1 Å². The summed E-state index contributed by atoms with van der Waals surface area (Å²) < 4.78 is 0. The van der Waals surface area contributed by atoms with E-state index in [9.17, 15) is 0 Å². The fourth-order valence-electron chi connectivity index (χ4n) is 2.57. The average molecular weight is 268 g/mol. The van der Waals surface area contributed by atoms with Gasteiger partial charge in [0.1, 0.15) is 0 Å². The molecule has 0 fully saturated rings. The number of aromatic nitrogens is 1. The molecule has 1 aromatic heterocycles. The highest BCUT2D eigenvalue weighted by molar-refractivity contribution is 5.42. The van der Waals surface area contributed by atoms with E-state index in [0.717, 1.165) is 13.0 Å². The van der Waals surface area contributed by atoms with E-state index in [2.05, 4.69) is 62.3 Å². The zero-order valence-electron chi connectivity index (χ0n) is 12.9. The number of benzene rings is 1. The Morgan fingerprint density at radius 2 is 1.85 bits per heavy atom. The van der Waals surface area contributed by atoms with Gasteiger partial charge in [0, 0.05) is 12.4 Å². The highest BCUT2D eigenvalue weighted by atomic mass is 14.9. The summed E-state index contributed by atoms with van der Waals surface area (Å²) in [5.74, 6) is 0. The standard InChI is InChI=1S/C18H24N2/c1-5-10-20-18(16-9-11-19-12-14(16)3)17-8-6-7-13(2)15(17)4/h6-9,11-12,18,20H,5,10H2,1-4H3. The monoisotopic (exact) mass is 268 g/mol. The lowest BCUT2D eigenvalue weighted by Crippen LogP contribution is -2.25. The van der Waals surface area contributed by atoms with Crippen LogP contribution in [0.3, 0.4) is 0 Å². The van der Waals surface area contributed by atoms with Gasteiger partial charge < -0.3 is 5.32 Å². The Labute approximate surface area is 122 Å². The second-order valence-corrected chi connectivity index (χ2v) is 5.41. The maximum absolute atomic E-state index is 4.21. The van der Waals surface area contributed by atoms with E-state index in [-0.39, 0.29) is 6.04 Å². The normalized spacial score (nSPS) is 12.4. The molecule has 2 nitrogen and oxygen atoms in total. The van der Waals surface area contributed by atoms with Crippen molar-refractivity contribution < 1.29 is 0 Å². The first-order valence-corrected chi connectivity index (χ1v) is 7.35. The van der Waals surface area contributed by atoms with Crippen molar-refractivity contribution in [3.8, 4) is 0 Å². The molecule has 0 aliphatic rings. The average Bonchev–Trinajstić information content (AvgIpc) is 2.45. The zero-order valence-corrected chi connectivity index (χ0v) is 12.9. The minimum Gasteiger partial charge on any atom is -0.306 e. The third-order valence-electron chi connectivity index (χ3n) is 3.93. The summed E-state index contributed by atoms with van der Waals surface area (Å²) in [5, 5.41) is 3.68. The van der Waals surface area contributed by atoms with Crippen LogP contribution >= 0.6 is 0 Å². The van der Waals surface area contributed by atoms with Crippen LogP contribution in [0, 0.1) is 20.8 Å². The molecule has 0 bridgehead atoms. The second-order valence-electron chi connectivity index (χ2n) is 5.41. The SMILES string of the molecule is CCCNC(c1ccncc1C)c1cccc(C)c1C. The van der Waals surface area contributed by atoms with E-state index < -0.39 is 0 Å². The molecule has 1 heterocycles. The first kappa shape index (κ1) is 14.7. The number of hydrogen-bond donors (Lipinski definition) is 1. The summed E-state index contributed by atoms with van der Waals surface area (Å²) in [6, 6.07) is 8.93. The number of aryl methyl sites for hydroxylation is 2. The van der Waals surface area contributed by atoms with Crippen molar-refractivity contribution in [2.24, 2.45) is 0 Å². The molecule has 1 aromatic carbocycles. The van der Waals surface area contributed by atoms with E-state index in [4.69, 9.17) is 0 Å². The van der Waals surface area contributed by atoms with Crippen LogP contribution in [0.25, 0.3) is 0 Å². The van der Waals surface area contributed by atoms with Gasteiger partial charge in [0.05, 0.1) is 6.04 Å². The van der Waals surface area contributed by atoms with E-state index in [1.165, 1.54) is 27.8 Å². The van der Waals surface area contributed by atoms with Gasteiger partial charge in [0.15, 0.2) is 0 Å². The largest absolute Gasteiger partial charge is 0.306 e. The number of hydrogen-bond acceptors (Lipinski definition) is 2. The van der Waals surface area contributed by atoms with Crippen molar-refractivity contribution >= 4 is 0 Å². The summed E-state index contributed by atoms with van der Waals surface area (Å²) >= 11 is 0. The van der Waals surface area contributed by atoms with Crippen LogP contribution in [-0.2, 0) is 0 Å². The van der Waals surface area contributed by atoms with Crippen molar-refractivity contribution in [2.75, 3.05) is 6.54 Å². The van der Waals surface area contributed by atoms with Crippen LogP contribution in [-0.4, -0.2) is 11.5 Å². The van der Waals surface area contributed by atoms with Crippen LogP contribution in [0.2, 0.25) is 0 Å². The summed E-state index contributed by atoms with van der Waals surface area (Å²) in [5.41, 5.74) is 6.65. The molecule has 2 rings (SSSR count). The Kier molecular flexibility index (Phi) is 4.91. The molecule has 2 heteroatoms. The molecular weight excluding hydrogens is 244 g/mol. The topological polar surface area (TPSA) is 24.9 Å². The van der Waals surface area contributed by atoms with Crippen LogP contribution in [0.15, 0.2) is 36.7 Å². The van der Waals surface area contributed by atoms with Crippen LogP contribution in [0.1, 0.15) is 47.2 Å². The minimum absolute atomic E-state index is 0.248. The van der Waals surface area contributed by atoms with Crippen molar-refractivity contribution in [1.29, 1.82) is 0 Å². The van der Waals surface area contributed by atoms with Crippen LogP contribution < -0.4 is 5.32 Å². The first-order chi connectivity index (χ1) is 9.65. The molecule has 1 N–H and O–H groups in total. The third-order valence-corrected chi connectivity index (χ3v) is 3.93. The first-order valence-electron chi connectivity index (χ1n) is 7.35. The van der Waals surface area contributed by atoms with E-state index in [0.29, 0.717) is 0 Å². The van der Waals surface area contributed by atoms with Gasteiger partial charge in [-0.15, -0.1) is 0 Å². The van der Waals surface area contributed by atoms with Gasteiger partial charge in [-0.3, -0.25) is 4.98 Å². The molecular formula is C18H24N2. The number of nitrogens with one attached hydrogen (secondary N) is 1. The molecule has 20 heavy (non-hydrogen) atoms. The van der Waals surface area contributed by atoms with Gasteiger partial charge in [0.25, 0.3) is 0 Å². The smallest absolute Gasteiger partial charge is 0.0583 e. The van der Waals surface area contributed by atoms with E-state index in [1.54, 1.807) is 0 Å². The van der Waals surface area contributed by atoms with Crippen LogP contribution in [0.5, 0.6) is 0 Å². The Balaban J connectivity index is 2.47. The highest BCUT2D eigenvalue weighted by Crippen LogP contribution is 2.28. The molecule has 0 spiro atoms. The van der Waals surface area contributed by atoms with Crippen molar-refractivity contribution in [2.45, 2.75) is 40.2 Å².